The molecule has 1 rings (SSSR count). The molecule has 0 unspecified atom stereocenters. The van der Waals surface area contributed by atoms with Gasteiger partial charge in [-0.1, -0.05) is 0 Å². The number of rotatable bonds is 8. The van der Waals surface area contributed by atoms with Gasteiger partial charge < -0.3 is 30.4 Å². The molecule has 0 radical (unpaired) electrons. The van der Waals surface area contributed by atoms with E-state index in [2.05, 4.69) is 14.9 Å². The minimum absolute atomic E-state index is 0.339. The Morgan fingerprint density at radius 3 is 2.37 bits per heavy atom. The largest absolute Gasteiger partial charge is 0.471 e. The summed E-state index contributed by atoms with van der Waals surface area (Å²) in [7, 11) is -4.58. The number of nitrogens with zero attached hydrogens (tertiary/aromatic N) is 2. The van der Waals surface area contributed by atoms with Crippen LogP contribution in [0.4, 0.5) is 5.69 Å². The molecule has 19 heavy (non-hydrogen) atoms. The van der Waals surface area contributed by atoms with Crippen molar-refractivity contribution < 1.29 is 34.2 Å². The summed E-state index contributed by atoms with van der Waals surface area (Å²) in [6.45, 7) is -1.99. The van der Waals surface area contributed by atoms with E-state index in [0.29, 0.717) is 5.69 Å². The Kier molecular flexibility index (Phi) is 5.44. The van der Waals surface area contributed by atoms with Crippen LogP contribution < -0.4 is 5.32 Å². The summed E-state index contributed by atoms with van der Waals surface area (Å²) in [5.74, 6) is 0. The third-order valence-electron chi connectivity index (χ3n) is 2.31. The van der Waals surface area contributed by atoms with Crippen molar-refractivity contribution >= 4 is 13.5 Å². The van der Waals surface area contributed by atoms with Gasteiger partial charge in [-0.25, -0.2) is 9.25 Å². The van der Waals surface area contributed by atoms with Crippen LogP contribution >= 0.6 is 7.82 Å². The standard InChI is InChI=1S/C8H16N3O7P/c12-3-8(4-13,5-14)10-7-1-9-11(2-7)6-18-19(15,16)17/h1-2,10,12-14H,3-6H2,(H2,15,16,17). The van der Waals surface area contributed by atoms with Gasteiger partial charge in [-0.15, -0.1) is 0 Å². The highest BCUT2D eigenvalue weighted by molar-refractivity contribution is 7.46. The first kappa shape index (κ1) is 16.1. The molecule has 1 heterocycles. The molecule has 1 aromatic heterocycles. The summed E-state index contributed by atoms with van der Waals surface area (Å²) in [6.07, 6.45) is 2.63. The van der Waals surface area contributed by atoms with Gasteiger partial charge in [0.05, 0.1) is 37.9 Å². The zero-order chi connectivity index (χ0) is 14.5. The van der Waals surface area contributed by atoms with Crippen molar-refractivity contribution in [3.63, 3.8) is 0 Å². The maximum Gasteiger partial charge on any atom is 0.471 e. The van der Waals surface area contributed by atoms with E-state index in [-0.39, 0.29) is 0 Å². The monoisotopic (exact) mass is 297 g/mol. The van der Waals surface area contributed by atoms with Crippen LogP contribution in [0.5, 0.6) is 0 Å². The second kappa shape index (κ2) is 6.44. The average Bonchev–Trinajstić information content (AvgIpc) is 2.80. The van der Waals surface area contributed by atoms with Gasteiger partial charge in [0.1, 0.15) is 5.54 Å². The molecule has 11 heteroatoms. The quantitative estimate of drug-likeness (QED) is 0.301. The third kappa shape index (κ3) is 4.88. The molecule has 0 saturated carbocycles. The fourth-order valence-electron chi connectivity index (χ4n) is 1.21. The molecule has 0 aliphatic heterocycles. The van der Waals surface area contributed by atoms with Crippen LogP contribution in [0.15, 0.2) is 12.4 Å². The number of aliphatic hydroxyl groups excluding tert-OH is 3. The average molecular weight is 297 g/mol. The fraction of sp³-hybridized carbons (Fsp3) is 0.625. The third-order valence-corrected chi connectivity index (χ3v) is 2.76. The Morgan fingerprint density at radius 2 is 1.89 bits per heavy atom. The topological polar surface area (TPSA) is 157 Å². The van der Waals surface area contributed by atoms with Gasteiger partial charge in [-0.2, -0.15) is 5.10 Å². The van der Waals surface area contributed by atoms with Crippen molar-refractivity contribution in [3.05, 3.63) is 12.4 Å². The zero-order valence-corrected chi connectivity index (χ0v) is 10.8. The Balaban J connectivity index is 2.67. The molecule has 0 atom stereocenters. The second-order valence-electron chi connectivity index (χ2n) is 3.90. The lowest BCUT2D eigenvalue weighted by molar-refractivity contribution is 0.0833. The Labute approximate surface area is 108 Å². The molecule has 1 aromatic rings. The highest BCUT2D eigenvalue weighted by Gasteiger charge is 2.28. The number of hydrogen-bond acceptors (Lipinski definition) is 7. The van der Waals surface area contributed by atoms with E-state index in [4.69, 9.17) is 25.1 Å². The van der Waals surface area contributed by atoms with Crippen LogP contribution in [0.2, 0.25) is 0 Å². The zero-order valence-electron chi connectivity index (χ0n) is 9.88. The minimum Gasteiger partial charge on any atom is -0.394 e. The van der Waals surface area contributed by atoms with Crippen molar-refractivity contribution in [1.82, 2.24) is 9.78 Å². The molecule has 0 saturated heterocycles. The molecule has 0 aromatic carbocycles. The van der Waals surface area contributed by atoms with Gasteiger partial charge in [-0.05, 0) is 0 Å². The van der Waals surface area contributed by atoms with Gasteiger partial charge in [0.25, 0.3) is 0 Å². The molecular weight excluding hydrogens is 281 g/mol. The van der Waals surface area contributed by atoms with Crippen LogP contribution in [0, 0.1) is 0 Å². The van der Waals surface area contributed by atoms with Gasteiger partial charge in [-0.3, -0.25) is 4.52 Å². The van der Waals surface area contributed by atoms with Crippen LogP contribution in [-0.2, 0) is 15.8 Å². The van der Waals surface area contributed by atoms with Crippen molar-refractivity contribution in [3.8, 4) is 0 Å². The highest BCUT2D eigenvalue weighted by atomic mass is 31.2. The number of aliphatic hydroxyl groups is 3. The summed E-state index contributed by atoms with van der Waals surface area (Å²) in [4.78, 5) is 17.0. The highest BCUT2D eigenvalue weighted by Crippen LogP contribution is 2.36. The number of aromatic nitrogens is 2. The smallest absolute Gasteiger partial charge is 0.394 e. The Hall–Kier alpha value is -1.00. The van der Waals surface area contributed by atoms with Crippen molar-refractivity contribution in [2.75, 3.05) is 25.1 Å². The van der Waals surface area contributed by atoms with Crippen LogP contribution in [-0.4, -0.2) is 60.2 Å². The van der Waals surface area contributed by atoms with Crippen LogP contribution in [0.3, 0.4) is 0 Å². The lowest BCUT2D eigenvalue weighted by Gasteiger charge is -2.28. The van der Waals surface area contributed by atoms with Crippen LogP contribution in [0.1, 0.15) is 0 Å². The van der Waals surface area contributed by atoms with Gasteiger partial charge in [0.15, 0.2) is 6.73 Å². The van der Waals surface area contributed by atoms with E-state index in [0.717, 1.165) is 4.68 Å². The predicted molar refractivity (Wildman–Crippen MR) is 63.0 cm³/mol. The molecule has 10 nitrogen and oxygen atoms in total. The fourth-order valence-corrected chi connectivity index (χ4v) is 1.48. The Bertz CT molecular complexity index is 433. The van der Waals surface area contributed by atoms with E-state index >= 15 is 0 Å². The molecule has 0 aliphatic carbocycles. The normalized spacial score (nSPS) is 12.7. The van der Waals surface area contributed by atoms with Crippen molar-refractivity contribution in [1.29, 1.82) is 0 Å². The van der Waals surface area contributed by atoms with Gasteiger partial charge in [0.2, 0.25) is 0 Å². The second-order valence-corrected chi connectivity index (χ2v) is 5.14. The van der Waals surface area contributed by atoms with E-state index in [1.165, 1.54) is 12.4 Å². The summed E-state index contributed by atoms with van der Waals surface area (Å²) < 4.78 is 15.8. The maximum atomic E-state index is 10.5. The van der Waals surface area contributed by atoms with E-state index < -0.39 is 39.9 Å². The molecule has 0 amide bonds. The lowest BCUT2D eigenvalue weighted by atomic mass is 10.0. The lowest BCUT2D eigenvalue weighted by Crippen LogP contribution is -2.49. The summed E-state index contributed by atoms with van der Waals surface area (Å²) in [5.41, 5.74) is -0.968. The van der Waals surface area contributed by atoms with E-state index in [9.17, 15) is 4.57 Å². The summed E-state index contributed by atoms with van der Waals surface area (Å²) in [6, 6.07) is 0. The van der Waals surface area contributed by atoms with Crippen molar-refractivity contribution in [2.24, 2.45) is 0 Å². The number of nitrogens with one attached hydrogen (secondary N) is 1. The van der Waals surface area contributed by atoms with Crippen molar-refractivity contribution in [2.45, 2.75) is 12.3 Å². The van der Waals surface area contributed by atoms with Gasteiger partial charge in [0, 0.05) is 0 Å². The van der Waals surface area contributed by atoms with E-state index in [1.54, 1.807) is 0 Å². The minimum atomic E-state index is -4.58. The Morgan fingerprint density at radius 1 is 1.32 bits per heavy atom. The number of phosphoric ester groups is 1. The summed E-state index contributed by atoms with van der Waals surface area (Å²) >= 11 is 0. The molecule has 6 N–H and O–H groups in total. The van der Waals surface area contributed by atoms with E-state index in [1.807, 2.05) is 0 Å². The maximum absolute atomic E-state index is 10.5. The molecular formula is C8H16N3O7P. The first-order valence-electron chi connectivity index (χ1n) is 5.17. The predicted octanol–water partition coefficient (Wildman–Crippen LogP) is -1.92. The first-order valence-corrected chi connectivity index (χ1v) is 6.70. The first-order chi connectivity index (χ1) is 8.84. The molecule has 0 aliphatic rings. The molecule has 110 valence electrons. The SMILES string of the molecule is O=P(O)(O)OCn1cc(NC(CO)(CO)CO)cn1. The van der Waals surface area contributed by atoms with Crippen LogP contribution in [0.25, 0.3) is 0 Å². The summed E-state index contributed by atoms with van der Waals surface area (Å²) in [5, 5.41) is 33.8. The number of anilines is 1. The molecule has 0 fully saturated rings. The van der Waals surface area contributed by atoms with Gasteiger partial charge >= 0.3 is 7.82 Å². The molecule has 0 spiro atoms. The molecule has 0 bridgehead atoms. The number of phosphoric acid groups is 1. The number of hydrogen-bond donors (Lipinski definition) is 6.